The number of hydrogen-bond acceptors (Lipinski definition) is 3. The summed E-state index contributed by atoms with van der Waals surface area (Å²) in [6, 6.07) is 0.870. The van der Waals surface area contributed by atoms with Crippen LogP contribution in [-0.2, 0) is 0 Å². The fourth-order valence-electron chi connectivity index (χ4n) is 0.623. The van der Waals surface area contributed by atoms with Crippen molar-refractivity contribution in [2.75, 3.05) is 0 Å². The van der Waals surface area contributed by atoms with E-state index >= 15 is 0 Å². The number of hydrogen-bond donors (Lipinski definition) is 1. The summed E-state index contributed by atoms with van der Waals surface area (Å²) < 4.78 is 13.1. The van der Waals surface area contributed by atoms with Crippen LogP contribution < -0.4 is 4.73 Å². The largest absolute Gasteiger partial charge is 0.318 e. The molecule has 0 radical (unpaired) electrons. The molecular weight excluding hydrogens is 259 g/mol. The molecule has 1 rings (SSSR count). The highest BCUT2D eigenvalue weighted by Crippen LogP contribution is 2.17. The Morgan fingerprint density at radius 2 is 2.14 bits per heavy atom. The lowest BCUT2D eigenvalue weighted by molar-refractivity contribution is -0.914. The molecule has 0 aromatic carbocycles. The first-order chi connectivity index (χ1) is 6.52. The van der Waals surface area contributed by atoms with Gasteiger partial charge in [-0.05, 0) is 0 Å². The zero-order valence-corrected chi connectivity index (χ0v) is 9.15. The van der Waals surface area contributed by atoms with Gasteiger partial charge < -0.3 is 0 Å². The second-order valence-electron chi connectivity index (χ2n) is 1.93. The molecule has 1 heterocycles. The summed E-state index contributed by atoms with van der Waals surface area (Å²) >= 11 is 2.79. The van der Waals surface area contributed by atoms with E-state index in [4.69, 9.17) is 5.21 Å². The minimum Gasteiger partial charge on any atom is -0.284 e. The van der Waals surface area contributed by atoms with Crippen molar-refractivity contribution in [2.24, 2.45) is 0 Å². The van der Waals surface area contributed by atoms with Crippen LogP contribution in [0.2, 0.25) is 0 Å². The Kier molecular flexibility index (Phi) is 5.00. The van der Waals surface area contributed by atoms with E-state index in [1.165, 1.54) is 0 Å². The molecule has 0 bridgehead atoms. The predicted molar refractivity (Wildman–Crippen MR) is 49.5 cm³/mol. The van der Waals surface area contributed by atoms with Crippen molar-refractivity contribution >= 4 is 21.6 Å². The highest BCUT2D eigenvalue weighted by molar-refractivity contribution is 9.10. The van der Waals surface area contributed by atoms with Gasteiger partial charge in [0.05, 0.1) is 4.92 Å². The third-order valence-electron chi connectivity index (χ3n) is 1.15. The number of nitrogens with zero attached hydrogens (tertiary/aromatic N) is 2. The second kappa shape index (κ2) is 5.48. The van der Waals surface area contributed by atoms with Gasteiger partial charge in [-0.1, -0.05) is 13.8 Å². The molecule has 7 heteroatoms. The average molecular weight is 268 g/mol. The van der Waals surface area contributed by atoms with Crippen molar-refractivity contribution in [3.8, 4) is 0 Å². The lowest BCUT2D eigenvalue weighted by Gasteiger charge is -1.90. The summed E-state index contributed by atoms with van der Waals surface area (Å²) in [6.45, 7) is 4.00. The van der Waals surface area contributed by atoms with Crippen LogP contribution in [0, 0.1) is 15.9 Å². The van der Waals surface area contributed by atoms with E-state index in [2.05, 4.69) is 15.9 Å². The first-order valence-corrected chi connectivity index (χ1v) is 4.56. The van der Waals surface area contributed by atoms with Gasteiger partial charge in [-0.2, -0.15) is 4.39 Å². The fraction of sp³-hybridized carbons (Fsp3) is 0.286. The Morgan fingerprint density at radius 1 is 1.64 bits per heavy atom. The number of nitro groups is 1. The van der Waals surface area contributed by atoms with Gasteiger partial charge in [-0.25, -0.2) is 0 Å². The molecule has 1 aromatic rings. The Hall–Kier alpha value is -1.24. The summed E-state index contributed by atoms with van der Waals surface area (Å²) in [4.78, 5) is 9.26. The molecule has 0 aliphatic rings. The second-order valence-corrected chi connectivity index (χ2v) is 2.74. The van der Waals surface area contributed by atoms with Gasteiger partial charge in [0.25, 0.3) is 12.0 Å². The number of rotatable bonds is 1. The summed E-state index contributed by atoms with van der Waals surface area (Å²) in [5.41, 5.74) is -0.688. The van der Waals surface area contributed by atoms with Gasteiger partial charge in [-0.15, -0.1) is 0 Å². The molecule has 0 spiro atoms. The normalized spacial score (nSPS) is 8.86. The highest BCUT2D eigenvalue weighted by Gasteiger charge is 2.22. The van der Waals surface area contributed by atoms with Crippen LogP contribution in [-0.4, -0.2) is 10.1 Å². The van der Waals surface area contributed by atoms with Crippen LogP contribution in [0.1, 0.15) is 13.8 Å². The van der Waals surface area contributed by atoms with E-state index in [-0.39, 0.29) is 4.60 Å². The number of pyridine rings is 1. The smallest absolute Gasteiger partial charge is 0.284 e. The molecule has 14 heavy (non-hydrogen) atoms. The quantitative estimate of drug-likeness (QED) is 0.278. The standard InChI is InChI=1S/C5H3BrFN2O3.C2H6/c6-5-1-4(9(11)12)3(7)2-8(5)10;1-2/h1-2,10H;1-2H3/q+1;. The molecule has 0 unspecified atom stereocenters. The van der Waals surface area contributed by atoms with Gasteiger partial charge in [0, 0.05) is 20.7 Å². The van der Waals surface area contributed by atoms with Crippen LogP contribution in [0.15, 0.2) is 16.9 Å². The zero-order chi connectivity index (χ0) is 11.3. The number of aromatic nitrogens is 1. The molecule has 0 amide bonds. The van der Waals surface area contributed by atoms with E-state index in [0.29, 0.717) is 10.9 Å². The van der Waals surface area contributed by atoms with Crippen molar-refractivity contribution in [3.05, 3.63) is 32.8 Å². The molecule has 0 atom stereocenters. The maximum atomic E-state index is 12.6. The van der Waals surface area contributed by atoms with E-state index in [1.54, 1.807) is 0 Å². The highest BCUT2D eigenvalue weighted by atomic mass is 79.9. The molecule has 5 nitrogen and oxygen atoms in total. The molecule has 1 N–H and O–H groups in total. The van der Waals surface area contributed by atoms with E-state index in [9.17, 15) is 14.5 Å². The van der Waals surface area contributed by atoms with Crippen LogP contribution in [0.4, 0.5) is 10.1 Å². The van der Waals surface area contributed by atoms with E-state index in [1.807, 2.05) is 13.8 Å². The molecule has 78 valence electrons. The fourth-order valence-corrected chi connectivity index (χ4v) is 0.942. The minimum absolute atomic E-state index is 0.00981. The molecule has 0 aliphatic carbocycles. The monoisotopic (exact) mass is 267 g/mol. The number of halogens is 2. The van der Waals surface area contributed by atoms with Crippen LogP contribution in [0.25, 0.3) is 0 Å². The maximum absolute atomic E-state index is 12.6. The molecular formula is C7H9BrFN2O3+. The summed E-state index contributed by atoms with van der Waals surface area (Å²) in [5, 5.41) is 19.0. The average Bonchev–Trinajstić information content (AvgIpc) is 2.14. The predicted octanol–water partition coefficient (Wildman–Crippen LogP) is 2.05. The third-order valence-corrected chi connectivity index (χ3v) is 1.74. The molecule has 0 saturated heterocycles. The van der Waals surface area contributed by atoms with Gasteiger partial charge in [-0.3, -0.25) is 15.3 Å². The van der Waals surface area contributed by atoms with Crippen LogP contribution in [0.3, 0.4) is 0 Å². The maximum Gasteiger partial charge on any atom is 0.318 e. The summed E-state index contributed by atoms with van der Waals surface area (Å²) in [5.74, 6) is -1.09. The van der Waals surface area contributed by atoms with Crippen molar-refractivity contribution in [1.29, 1.82) is 0 Å². The molecule has 0 saturated carbocycles. The van der Waals surface area contributed by atoms with Crippen LogP contribution >= 0.6 is 15.9 Å². The summed E-state index contributed by atoms with van der Waals surface area (Å²) in [7, 11) is 0. The lowest BCUT2D eigenvalue weighted by atomic mass is 10.4. The first-order valence-electron chi connectivity index (χ1n) is 3.76. The Balaban J connectivity index is 0.000000791. The third kappa shape index (κ3) is 2.91. The summed E-state index contributed by atoms with van der Waals surface area (Å²) in [6.07, 6.45) is 0.599. The molecule has 0 aliphatic heterocycles. The lowest BCUT2D eigenvalue weighted by Crippen LogP contribution is -2.32. The minimum atomic E-state index is -1.09. The van der Waals surface area contributed by atoms with E-state index < -0.39 is 16.4 Å². The molecule has 0 fully saturated rings. The van der Waals surface area contributed by atoms with Gasteiger partial charge in [0.1, 0.15) is 6.07 Å². The zero-order valence-electron chi connectivity index (χ0n) is 7.57. The first kappa shape index (κ1) is 12.8. The Bertz CT molecular complexity index is 346. The SMILES string of the molecule is CC.O=[N+]([O-])c1cc(Br)[n+](O)cc1F. The Labute approximate surface area is 88.0 Å². The Morgan fingerprint density at radius 3 is 2.57 bits per heavy atom. The van der Waals surface area contributed by atoms with Crippen molar-refractivity contribution in [3.63, 3.8) is 0 Å². The van der Waals surface area contributed by atoms with Crippen LogP contribution in [0.5, 0.6) is 0 Å². The van der Waals surface area contributed by atoms with Gasteiger partial charge in [0.15, 0.2) is 0 Å². The van der Waals surface area contributed by atoms with Gasteiger partial charge >= 0.3 is 10.3 Å². The molecule has 1 aromatic heterocycles. The van der Waals surface area contributed by atoms with Crippen molar-refractivity contribution in [1.82, 2.24) is 0 Å². The van der Waals surface area contributed by atoms with Gasteiger partial charge in [0.2, 0.25) is 0 Å². The van der Waals surface area contributed by atoms with E-state index in [0.717, 1.165) is 6.07 Å². The topological polar surface area (TPSA) is 67.2 Å². The van der Waals surface area contributed by atoms with Crippen molar-refractivity contribution < 1.29 is 19.3 Å². The van der Waals surface area contributed by atoms with Crippen molar-refractivity contribution in [2.45, 2.75) is 13.8 Å².